The Hall–Kier alpha value is 0. The van der Waals surface area contributed by atoms with E-state index in [-0.39, 0.29) is 0 Å². The van der Waals surface area contributed by atoms with E-state index in [1.807, 2.05) is 0 Å². The lowest BCUT2D eigenvalue weighted by Crippen LogP contribution is -2.11. The monoisotopic (exact) mass is 152 g/mol. The second-order valence-electron chi connectivity index (χ2n) is 5.86. The van der Waals surface area contributed by atoms with Crippen LogP contribution in [-0.2, 0) is 0 Å². The maximum Gasteiger partial charge on any atom is -0.0380 e. The van der Waals surface area contributed by atoms with Crippen LogP contribution in [0.4, 0.5) is 0 Å². The first-order chi connectivity index (χ1) is 5.04. The lowest BCUT2D eigenvalue weighted by Gasteiger charge is -2.23. The molecule has 11 heavy (non-hydrogen) atoms. The SMILES string of the molecule is CC(C)(C)CC1C[C@@H]2C[C@@H]2C1. The zero-order chi connectivity index (χ0) is 8.06. The topological polar surface area (TPSA) is 0 Å². The predicted molar refractivity (Wildman–Crippen MR) is 48.4 cm³/mol. The third-order valence-electron chi connectivity index (χ3n) is 3.24. The molecule has 0 nitrogen and oxygen atoms in total. The van der Waals surface area contributed by atoms with Crippen LogP contribution in [0.3, 0.4) is 0 Å². The molecule has 0 spiro atoms. The molecule has 0 aromatic rings. The average molecular weight is 152 g/mol. The molecule has 0 aromatic heterocycles. The van der Waals surface area contributed by atoms with E-state index in [1.54, 1.807) is 19.3 Å². The molecule has 64 valence electrons. The molecule has 2 saturated carbocycles. The lowest BCUT2D eigenvalue weighted by atomic mass is 9.83. The highest BCUT2D eigenvalue weighted by Gasteiger charge is 2.46. The maximum atomic E-state index is 2.37. The second kappa shape index (κ2) is 2.24. The molecule has 0 bridgehead atoms. The quantitative estimate of drug-likeness (QED) is 0.539. The average Bonchev–Trinajstić information content (AvgIpc) is 2.36. The summed E-state index contributed by atoms with van der Waals surface area (Å²) in [6.07, 6.45) is 6.14. The van der Waals surface area contributed by atoms with Gasteiger partial charge in [-0.1, -0.05) is 20.8 Å². The third-order valence-corrected chi connectivity index (χ3v) is 3.24. The summed E-state index contributed by atoms with van der Waals surface area (Å²) >= 11 is 0. The predicted octanol–water partition coefficient (Wildman–Crippen LogP) is 3.47. The lowest BCUT2D eigenvalue weighted by molar-refractivity contribution is 0.283. The highest BCUT2D eigenvalue weighted by molar-refractivity contribution is 4.96. The van der Waals surface area contributed by atoms with Crippen LogP contribution in [0, 0.1) is 23.2 Å². The van der Waals surface area contributed by atoms with Crippen LogP contribution in [0.5, 0.6) is 0 Å². The van der Waals surface area contributed by atoms with E-state index in [9.17, 15) is 0 Å². The van der Waals surface area contributed by atoms with Gasteiger partial charge in [0, 0.05) is 0 Å². The Kier molecular flexibility index (Phi) is 1.56. The van der Waals surface area contributed by atoms with Gasteiger partial charge in [0.25, 0.3) is 0 Å². The van der Waals surface area contributed by atoms with E-state index in [2.05, 4.69) is 20.8 Å². The first kappa shape index (κ1) is 7.64. The Bertz CT molecular complexity index is 142. The number of hydrogen-bond donors (Lipinski definition) is 0. The fourth-order valence-electron chi connectivity index (χ4n) is 2.87. The van der Waals surface area contributed by atoms with Crippen LogP contribution >= 0.6 is 0 Å². The molecule has 0 N–H and O–H groups in total. The van der Waals surface area contributed by atoms with Crippen molar-refractivity contribution >= 4 is 0 Å². The van der Waals surface area contributed by atoms with E-state index in [0.29, 0.717) is 5.41 Å². The standard InChI is InChI=1S/C11H20/c1-11(2,3)7-8-4-9-6-10(9)5-8/h8-10H,4-7H2,1-3H3/t8?,9-,10+. The highest BCUT2D eigenvalue weighted by Crippen LogP contribution is 2.56. The Labute approximate surface area is 70.4 Å². The molecule has 1 unspecified atom stereocenters. The van der Waals surface area contributed by atoms with Gasteiger partial charge in [-0.05, 0) is 48.9 Å². The molecular weight excluding hydrogens is 132 g/mol. The van der Waals surface area contributed by atoms with Crippen LogP contribution in [-0.4, -0.2) is 0 Å². The van der Waals surface area contributed by atoms with Gasteiger partial charge in [-0.3, -0.25) is 0 Å². The van der Waals surface area contributed by atoms with Crippen LogP contribution in [0.15, 0.2) is 0 Å². The summed E-state index contributed by atoms with van der Waals surface area (Å²) in [5, 5.41) is 0. The Morgan fingerprint density at radius 1 is 1.00 bits per heavy atom. The van der Waals surface area contributed by atoms with E-state index >= 15 is 0 Å². The summed E-state index contributed by atoms with van der Waals surface area (Å²) in [7, 11) is 0. The van der Waals surface area contributed by atoms with Crippen molar-refractivity contribution in [3.8, 4) is 0 Å². The Morgan fingerprint density at radius 2 is 1.55 bits per heavy atom. The maximum absolute atomic E-state index is 2.37. The molecule has 0 aliphatic heterocycles. The van der Waals surface area contributed by atoms with Crippen molar-refractivity contribution in [1.82, 2.24) is 0 Å². The summed E-state index contributed by atoms with van der Waals surface area (Å²) in [5.74, 6) is 3.42. The normalized spacial score (nSPS) is 42.3. The van der Waals surface area contributed by atoms with Crippen LogP contribution in [0.1, 0.15) is 46.5 Å². The van der Waals surface area contributed by atoms with Gasteiger partial charge in [0.1, 0.15) is 0 Å². The molecule has 0 aromatic carbocycles. The van der Waals surface area contributed by atoms with E-state index in [0.717, 1.165) is 5.92 Å². The van der Waals surface area contributed by atoms with Crippen LogP contribution < -0.4 is 0 Å². The Morgan fingerprint density at radius 3 is 2.00 bits per heavy atom. The molecule has 3 atom stereocenters. The van der Waals surface area contributed by atoms with Crippen molar-refractivity contribution in [2.45, 2.75) is 46.5 Å². The van der Waals surface area contributed by atoms with Crippen molar-refractivity contribution in [3.63, 3.8) is 0 Å². The molecule has 0 heterocycles. The number of rotatable bonds is 1. The molecule has 0 heteroatoms. The summed E-state index contributed by atoms with van der Waals surface area (Å²) in [4.78, 5) is 0. The summed E-state index contributed by atoms with van der Waals surface area (Å²) in [5.41, 5.74) is 0.571. The van der Waals surface area contributed by atoms with Gasteiger partial charge in [-0.2, -0.15) is 0 Å². The fraction of sp³-hybridized carbons (Fsp3) is 1.00. The minimum Gasteiger partial charge on any atom is -0.0602 e. The molecule has 0 radical (unpaired) electrons. The van der Waals surface area contributed by atoms with E-state index < -0.39 is 0 Å². The smallest absolute Gasteiger partial charge is 0.0380 e. The van der Waals surface area contributed by atoms with Crippen molar-refractivity contribution in [3.05, 3.63) is 0 Å². The number of hydrogen-bond acceptors (Lipinski definition) is 0. The van der Waals surface area contributed by atoms with Crippen molar-refractivity contribution < 1.29 is 0 Å². The van der Waals surface area contributed by atoms with E-state index in [4.69, 9.17) is 0 Å². The van der Waals surface area contributed by atoms with Gasteiger partial charge in [0.2, 0.25) is 0 Å². The van der Waals surface area contributed by atoms with Gasteiger partial charge in [-0.15, -0.1) is 0 Å². The zero-order valence-corrected chi connectivity index (χ0v) is 8.06. The summed E-state index contributed by atoms with van der Waals surface area (Å²) in [6.45, 7) is 7.12. The molecule has 2 aliphatic carbocycles. The first-order valence-electron chi connectivity index (χ1n) is 5.04. The minimum absolute atomic E-state index is 0.571. The molecule has 0 amide bonds. The third kappa shape index (κ3) is 1.77. The summed E-state index contributed by atoms with van der Waals surface area (Å²) < 4.78 is 0. The largest absolute Gasteiger partial charge is 0.0602 e. The van der Waals surface area contributed by atoms with Gasteiger partial charge >= 0.3 is 0 Å². The van der Waals surface area contributed by atoms with Gasteiger partial charge in [-0.25, -0.2) is 0 Å². The van der Waals surface area contributed by atoms with Crippen molar-refractivity contribution in [1.29, 1.82) is 0 Å². The van der Waals surface area contributed by atoms with Crippen molar-refractivity contribution in [2.75, 3.05) is 0 Å². The zero-order valence-electron chi connectivity index (χ0n) is 8.06. The number of fused-ring (bicyclic) bond motifs is 1. The second-order valence-corrected chi connectivity index (χ2v) is 5.86. The van der Waals surface area contributed by atoms with Crippen LogP contribution in [0.25, 0.3) is 0 Å². The van der Waals surface area contributed by atoms with Gasteiger partial charge in [0.05, 0.1) is 0 Å². The first-order valence-corrected chi connectivity index (χ1v) is 5.04. The van der Waals surface area contributed by atoms with Gasteiger partial charge < -0.3 is 0 Å². The highest BCUT2D eigenvalue weighted by atomic mass is 14.5. The molecule has 2 aliphatic rings. The van der Waals surface area contributed by atoms with Crippen LogP contribution in [0.2, 0.25) is 0 Å². The van der Waals surface area contributed by atoms with Gasteiger partial charge in [0.15, 0.2) is 0 Å². The fourth-order valence-corrected chi connectivity index (χ4v) is 2.87. The minimum atomic E-state index is 0.571. The molecular formula is C11H20. The molecule has 0 saturated heterocycles. The molecule has 2 fully saturated rings. The Balaban J connectivity index is 1.80. The van der Waals surface area contributed by atoms with Crippen molar-refractivity contribution in [2.24, 2.45) is 23.2 Å². The molecule has 2 rings (SSSR count). The summed E-state index contributed by atoms with van der Waals surface area (Å²) in [6, 6.07) is 0. The van der Waals surface area contributed by atoms with E-state index in [1.165, 1.54) is 18.3 Å².